The Hall–Kier alpha value is -3.71. The zero-order valence-electron chi connectivity index (χ0n) is 21.2. The fourth-order valence-corrected chi connectivity index (χ4v) is 4.31. The van der Waals surface area contributed by atoms with Gasteiger partial charge >= 0.3 is 0 Å². The van der Waals surface area contributed by atoms with Gasteiger partial charge in [-0.2, -0.15) is 0 Å². The fourth-order valence-electron chi connectivity index (χ4n) is 4.31. The van der Waals surface area contributed by atoms with Crippen molar-refractivity contribution >= 4 is 23.3 Å². The number of carbonyl (C=O) groups is 2. The van der Waals surface area contributed by atoms with Crippen molar-refractivity contribution in [1.29, 1.82) is 0 Å². The van der Waals surface area contributed by atoms with E-state index in [0.29, 0.717) is 24.5 Å². The summed E-state index contributed by atoms with van der Waals surface area (Å²) in [4.78, 5) is 33.8. The molecule has 2 N–H and O–H groups in total. The monoisotopic (exact) mass is 485 g/mol. The van der Waals surface area contributed by atoms with Gasteiger partial charge in [-0.25, -0.2) is 4.98 Å². The smallest absolute Gasteiger partial charge is 0.251 e. The van der Waals surface area contributed by atoms with E-state index in [-0.39, 0.29) is 18.4 Å². The fraction of sp³-hybridized carbons (Fsp3) is 0.345. The summed E-state index contributed by atoms with van der Waals surface area (Å²) in [7, 11) is 4.18. The minimum atomic E-state index is -0.0535. The number of carbonyl (C=O) groups excluding carboxylic acids is 2. The van der Waals surface area contributed by atoms with Gasteiger partial charge in [0.25, 0.3) is 5.91 Å². The molecule has 0 saturated heterocycles. The second kappa shape index (κ2) is 12.3. The number of pyridine rings is 1. The zero-order chi connectivity index (χ0) is 25.3. The predicted molar refractivity (Wildman–Crippen MR) is 145 cm³/mol. The second-order valence-corrected chi connectivity index (χ2v) is 9.46. The van der Waals surface area contributed by atoms with Gasteiger partial charge in [0.05, 0.1) is 18.8 Å². The number of amides is 2. The molecule has 0 atom stereocenters. The van der Waals surface area contributed by atoms with Crippen LogP contribution >= 0.6 is 0 Å². The van der Waals surface area contributed by atoms with Crippen LogP contribution in [0.15, 0.2) is 66.9 Å². The number of nitrogens with one attached hydrogen (secondary N) is 2. The average molecular weight is 486 g/mol. The Morgan fingerprint density at radius 3 is 2.50 bits per heavy atom. The molecule has 0 unspecified atom stereocenters. The lowest BCUT2D eigenvalue weighted by Gasteiger charge is -2.30. The van der Waals surface area contributed by atoms with Crippen LogP contribution in [0, 0.1) is 0 Å². The number of nitrogens with zero attached hydrogens (tertiary/aromatic N) is 3. The summed E-state index contributed by atoms with van der Waals surface area (Å²) < 4.78 is 0. The highest BCUT2D eigenvalue weighted by Crippen LogP contribution is 2.33. The molecule has 0 fully saturated rings. The highest BCUT2D eigenvalue weighted by molar-refractivity contribution is 6.02. The lowest BCUT2D eigenvalue weighted by atomic mass is 10.0. The average Bonchev–Trinajstić information content (AvgIpc) is 2.90. The minimum absolute atomic E-state index is 0.00928. The van der Waals surface area contributed by atoms with Crippen LogP contribution in [0.4, 0.5) is 11.5 Å². The molecule has 2 amide bonds. The molecule has 2 heterocycles. The molecule has 1 aliphatic rings. The summed E-state index contributed by atoms with van der Waals surface area (Å²) in [6.45, 7) is 2.52. The van der Waals surface area contributed by atoms with Gasteiger partial charge in [0.15, 0.2) is 5.82 Å². The SMILES string of the molecule is CN(C)CCCCCCNC(=O)c1ccc(-c2cnc3c(c2)N(Cc2ccccc2)C(=O)CN3)cc1. The molecule has 0 spiro atoms. The molecule has 1 aliphatic heterocycles. The van der Waals surface area contributed by atoms with Crippen LogP contribution in [-0.2, 0) is 11.3 Å². The summed E-state index contributed by atoms with van der Waals surface area (Å²) in [5.74, 6) is 0.657. The summed E-state index contributed by atoms with van der Waals surface area (Å²) in [5.41, 5.74) is 4.31. The first-order valence-electron chi connectivity index (χ1n) is 12.6. The third kappa shape index (κ3) is 6.70. The maximum atomic E-state index is 12.7. The van der Waals surface area contributed by atoms with Crippen LogP contribution in [0.2, 0.25) is 0 Å². The van der Waals surface area contributed by atoms with E-state index < -0.39 is 0 Å². The molecular formula is C29H35N5O2. The number of benzene rings is 2. The third-order valence-corrected chi connectivity index (χ3v) is 6.35. The molecule has 188 valence electrons. The standard InChI is InChI=1S/C29H35N5O2/c1-33(2)17-9-4-3-8-16-30-29(36)24-14-12-23(13-15-24)25-18-26-28(31-19-25)32-20-27(35)34(26)21-22-10-6-5-7-11-22/h5-7,10-15,18-19H,3-4,8-9,16-17,20-21H2,1-2H3,(H,30,36)(H,31,32). The first kappa shape index (κ1) is 25.4. The van der Waals surface area contributed by atoms with Crippen molar-refractivity contribution in [1.82, 2.24) is 15.2 Å². The largest absolute Gasteiger partial charge is 0.359 e. The van der Waals surface area contributed by atoms with Crippen molar-refractivity contribution in [2.45, 2.75) is 32.2 Å². The quantitative estimate of drug-likeness (QED) is 0.390. The Balaban J connectivity index is 1.38. The minimum Gasteiger partial charge on any atom is -0.359 e. The van der Waals surface area contributed by atoms with E-state index in [0.717, 1.165) is 41.8 Å². The molecule has 7 heteroatoms. The van der Waals surface area contributed by atoms with Gasteiger partial charge in [-0.15, -0.1) is 0 Å². The molecule has 7 nitrogen and oxygen atoms in total. The topological polar surface area (TPSA) is 77.6 Å². The maximum absolute atomic E-state index is 12.7. The summed E-state index contributed by atoms with van der Waals surface area (Å²) in [5, 5.41) is 6.13. The molecular weight excluding hydrogens is 450 g/mol. The number of anilines is 2. The van der Waals surface area contributed by atoms with E-state index in [1.54, 1.807) is 11.1 Å². The zero-order valence-corrected chi connectivity index (χ0v) is 21.2. The van der Waals surface area contributed by atoms with E-state index >= 15 is 0 Å². The van der Waals surface area contributed by atoms with Crippen molar-refractivity contribution in [3.8, 4) is 11.1 Å². The Bertz CT molecular complexity index is 1160. The van der Waals surface area contributed by atoms with Crippen molar-refractivity contribution in [3.63, 3.8) is 0 Å². The normalized spacial score (nSPS) is 12.9. The molecule has 36 heavy (non-hydrogen) atoms. The Kier molecular flexibility index (Phi) is 8.68. The molecule has 3 aromatic rings. The van der Waals surface area contributed by atoms with Crippen molar-refractivity contribution < 1.29 is 9.59 Å². The number of hydrogen-bond acceptors (Lipinski definition) is 5. The van der Waals surface area contributed by atoms with Gasteiger partial charge in [0, 0.05) is 23.9 Å². The molecule has 0 bridgehead atoms. The first-order chi connectivity index (χ1) is 17.5. The second-order valence-electron chi connectivity index (χ2n) is 9.46. The van der Waals surface area contributed by atoms with E-state index in [4.69, 9.17) is 0 Å². The summed E-state index contributed by atoms with van der Waals surface area (Å²) in [6, 6.07) is 19.5. The van der Waals surface area contributed by atoms with Gasteiger partial charge in [0.2, 0.25) is 5.91 Å². The maximum Gasteiger partial charge on any atom is 0.251 e. The number of fused-ring (bicyclic) bond motifs is 1. The van der Waals surface area contributed by atoms with E-state index in [9.17, 15) is 9.59 Å². The number of unbranched alkanes of at least 4 members (excludes halogenated alkanes) is 3. The van der Waals surface area contributed by atoms with Gasteiger partial charge in [0.1, 0.15) is 0 Å². The van der Waals surface area contributed by atoms with E-state index in [1.165, 1.54) is 12.8 Å². The highest BCUT2D eigenvalue weighted by Gasteiger charge is 2.25. The predicted octanol–water partition coefficient (Wildman–Crippen LogP) is 4.56. The third-order valence-electron chi connectivity index (χ3n) is 6.35. The van der Waals surface area contributed by atoms with Crippen LogP contribution < -0.4 is 15.5 Å². The van der Waals surface area contributed by atoms with Crippen LogP contribution in [-0.4, -0.2) is 55.4 Å². The first-order valence-corrected chi connectivity index (χ1v) is 12.6. The van der Waals surface area contributed by atoms with Crippen molar-refractivity contribution in [3.05, 3.63) is 78.0 Å². The Morgan fingerprint density at radius 1 is 1.00 bits per heavy atom. The van der Waals surface area contributed by atoms with Crippen LogP contribution in [0.25, 0.3) is 11.1 Å². The molecule has 4 rings (SSSR count). The summed E-state index contributed by atoms with van der Waals surface area (Å²) in [6.07, 6.45) is 6.28. The van der Waals surface area contributed by atoms with Gasteiger partial charge < -0.3 is 20.4 Å². The molecule has 0 aliphatic carbocycles. The van der Waals surface area contributed by atoms with E-state index in [1.807, 2.05) is 60.7 Å². The Labute approximate surface area is 213 Å². The molecule has 0 radical (unpaired) electrons. The van der Waals surface area contributed by atoms with Crippen LogP contribution in [0.1, 0.15) is 41.6 Å². The molecule has 0 saturated carbocycles. The highest BCUT2D eigenvalue weighted by atomic mass is 16.2. The number of aromatic nitrogens is 1. The van der Waals surface area contributed by atoms with Gasteiger partial charge in [-0.05, 0) is 62.8 Å². The van der Waals surface area contributed by atoms with E-state index in [2.05, 4.69) is 34.6 Å². The van der Waals surface area contributed by atoms with Crippen molar-refractivity contribution in [2.75, 3.05) is 43.9 Å². The van der Waals surface area contributed by atoms with Gasteiger partial charge in [-0.3, -0.25) is 9.59 Å². The van der Waals surface area contributed by atoms with Crippen LogP contribution in [0.5, 0.6) is 0 Å². The lowest BCUT2D eigenvalue weighted by molar-refractivity contribution is -0.117. The van der Waals surface area contributed by atoms with Crippen molar-refractivity contribution in [2.24, 2.45) is 0 Å². The molecule has 1 aromatic heterocycles. The lowest BCUT2D eigenvalue weighted by Crippen LogP contribution is -2.39. The number of rotatable bonds is 11. The Morgan fingerprint density at radius 2 is 1.75 bits per heavy atom. The number of hydrogen-bond donors (Lipinski definition) is 2. The van der Waals surface area contributed by atoms with Crippen LogP contribution in [0.3, 0.4) is 0 Å². The summed E-state index contributed by atoms with van der Waals surface area (Å²) >= 11 is 0. The molecule has 2 aromatic carbocycles. The van der Waals surface area contributed by atoms with Gasteiger partial charge in [-0.1, -0.05) is 55.3 Å².